The standard InChI is InChI=1S/C24H22FN9O2/c1-3-28-24(36)32-15-5-4-6-16(10-15)34-22(33-19-9-14(25)7-8-17(19)23(34)35)13(2)31-21-18(11-26)20(27)29-12-30-21/h4-10,12-13H,3H2,1-2H3,(H2,28,32,36)(H3,27,29,30,31). The minimum absolute atomic E-state index is 0.00253. The summed E-state index contributed by atoms with van der Waals surface area (Å²) in [6.07, 6.45) is 1.21. The first-order valence-corrected chi connectivity index (χ1v) is 11.0. The second-order valence-electron chi connectivity index (χ2n) is 7.77. The molecule has 0 bridgehead atoms. The molecule has 0 spiro atoms. The molecule has 2 amide bonds. The Morgan fingerprint density at radius 1 is 1.25 bits per heavy atom. The third kappa shape index (κ3) is 4.76. The molecule has 1 unspecified atom stereocenters. The van der Waals surface area contributed by atoms with Crippen LogP contribution >= 0.6 is 0 Å². The molecule has 36 heavy (non-hydrogen) atoms. The lowest BCUT2D eigenvalue weighted by atomic mass is 10.2. The Morgan fingerprint density at radius 2 is 2.06 bits per heavy atom. The monoisotopic (exact) mass is 487 g/mol. The maximum absolute atomic E-state index is 14.0. The van der Waals surface area contributed by atoms with Gasteiger partial charge in [-0.1, -0.05) is 6.07 Å². The zero-order valence-electron chi connectivity index (χ0n) is 19.4. The summed E-state index contributed by atoms with van der Waals surface area (Å²) in [5.74, 6) is -0.168. The normalized spacial score (nSPS) is 11.5. The maximum Gasteiger partial charge on any atom is 0.319 e. The SMILES string of the molecule is CCNC(=O)Nc1cccc(-n2c(C(C)Nc3ncnc(N)c3C#N)nc3cc(F)ccc3c2=O)c1. The van der Waals surface area contributed by atoms with Crippen molar-refractivity contribution >= 4 is 34.3 Å². The van der Waals surface area contributed by atoms with Gasteiger partial charge in [0.15, 0.2) is 0 Å². The summed E-state index contributed by atoms with van der Waals surface area (Å²) in [6.45, 7) is 3.95. The van der Waals surface area contributed by atoms with Crippen LogP contribution in [0.2, 0.25) is 0 Å². The van der Waals surface area contributed by atoms with Gasteiger partial charge in [0.05, 0.1) is 22.6 Å². The molecule has 0 aliphatic heterocycles. The minimum atomic E-state index is -0.688. The van der Waals surface area contributed by atoms with E-state index >= 15 is 0 Å². The number of hydrogen-bond acceptors (Lipinski definition) is 8. The highest BCUT2D eigenvalue weighted by atomic mass is 19.1. The zero-order valence-corrected chi connectivity index (χ0v) is 19.4. The van der Waals surface area contributed by atoms with Crippen LogP contribution in [0.5, 0.6) is 0 Å². The molecule has 2 aromatic heterocycles. The van der Waals surface area contributed by atoms with Crippen LogP contribution in [0.25, 0.3) is 16.6 Å². The highest BCUT2D eigenvalue weighted by Crippen LogP contribution is 2.25. The quantitative estimate of drug-likeness (QED) is 0.322. The van der Waals surface area contributed by atoms with E-state index in [0.29, 0.717) is 17.9 Å². The molecule has 182 valence electrons. The Kier molecular flexibility index (Phi) is 6.73. The van der Waals surface area contributed by atoms with Crippen LogP contribution in [-0.4, -0.2) is 32.1 Å². The first kappa shape index (κ1) is 24.1. The fraction of sp³-hybridized carbons (Fsp3) is 0.167. The number of amides is 2. The first-order chi connectivity index (χ1) is 17.3. The van der Waals surface area contributed by atoms with Gasteiger partial charge in [0.1, 0.15) is 41.2 Å². The molecule has 0 fully saturated rings. The summed E-state index contributed by atoms with van der Waals surface area (Å²) in [7, 11) is 0. The van der Waals surface area contributed by atoms with Crippen molar-refractivity contribution in [3.63, 3.8) is 0 Å². The van der Waals surface area contributed by atoms with Gasteiger partial charge in [-0.3, -0.25) is 9.36 Å². The number of nitrogen functional groups attached to an aromatic ring is 1. The van der Waals surface area contributed by atoms with E-state index in [1.807, 2.05) is 6.07 Å². The van der Waals surface area contributed by atoms with Gasteiger partial charge in [-0.2, -0.15) is 5.26 Å². The van der Waals surface area contributed by atoms with Crippen LogP contribution in [0, 0.1) is 17.1 Å². The van der Waals surface area contributed by atoms with Gasteiger partial charge in [-0.05, 0) is 44.2 Å². The van der Waals surface area contributed by atoms with E-state index in [-0.39, 0.29) is 33.9 Å². The Labute approximate surface area is 204 Å². The average molecular weight is 487 g/mol. The minimum Gasteiger partial charge on any atom is -0.382 e. The number of rotatable bonds is 6. The molecular formula is C24H22FN9O2. The smallest absolute Gasteiger partial charge is 0.319 e. The van der Waals surface area contributed by atoms with Gasteiger partial charge < -0.3 is 21.7 Å². The molecule has 11 nitrogen and oxygen atoms in total. The number of aromatic nitrogens is 4. The lowest BCUT2D eigenvalue weighted by Crippen LogP contribution is -2.29. The number of urea groups is 1. The number of nitrogens with two attached hydrogens (primary N) is 1. The van der Waals surface area contributed by atoms with Crippen LogP contribution in [-0.2, 0) is 0 Å². The van der Waals surface area contributed by atoms with Gasteiger partial charge in [0, 0.05) is 18.3 Å². The van der Waals surface area contributed by atoms with Crippen molar-refractivity contribution in [1.82, 2.24) is 24.8 Å². The van der Waals surface area contributed by atoms with Gasteiger partial charge in [-0.15, -0.1) is 0 Å². The number of anilines is 3. The van der Waals surface area contributed by atoms with Gasteiger partial charge in [0.2, 0.25) is 0 Å². The number of carbonyl (C=O) groups excluding carboxylic acids is 1. The van der Waals surface area contributed by atoms with E-state index < -0.39 is 23.4 Å². The Hall–Kier alpha value is -5.05. The first-order valence-electron chi connectivity index (χ1n) is 11.0. The Morgan fingerprint density at radius 3 is 2.81 bits per heavy atom. The lowest BCUT2D eigenvalue weighted by molar-refractivity contribution is 0.252. The van der Waals surface area contributed by atoms with Crippen LogP contribution in [0.1, 0.15) is 31.3 Å². The molecule has 0 aliphatic carbocycles. The topological polar surface area (TPSA) is 164 Å². The summed E-state index contributed by atoms with van der Waals surface area (Å²) < 4.78 is 15.3. The number of nitrogens with zero attached hydrogens (tertiary/aromatic N) is 5. The molecule has 0 aliphatic rings. The van der Waals surface area contributed by atoms with Crippen molar-refractivity contribution in [2.45, 2.75) is 19.9 Å². The fourth-order valence-electron chi connectivity index (χ4n) is 3.66. The van der Waals surface area contributed by atoms with E-state index in [1.165, 1.54) is 29.1 Å². The average Bonchev–Trinajstić information content (AvgIpc) is 2.84. The predicted octanol–water partition coefficient (Wildman–Crippen LogP) is 3.08. The summed E-state index contributed by atoms with van der Waals surface area (Å²) in [5.41, 5.74) is 6.42. The van der Waals surface area contributed by atoms with E-state index in [2.05, 4.69) is 30.9 Å². The summed E-state index contributed by atoms with van der Waals surface area (Å²) >= 11 is 0. The van der Waals surface area contributed by atoms with E-state index in [0.717, 1.165) is 0 Å². The molecule has 4 rings (SSSR count). The second-order valence-corrected chi connectivity index (χ2v) is 7.77. The van der Waals surface area contributed by atoms with Crippen molar-refractivity contribution < 1.29 is 9.18 Å². The number of hydrogen-bond donors (Lipinski definition) is 4. The maximum atomic E-state index is 14.0. The Balaban J connectivity index is 1.87. The molecule has 4 aromatic rings. The molecule has 1 atom stereocenters. The number of benzene rings is 2. The van der Waals surface area contributed by atoms with Crippen LogP contribution in [0.15, 0.2) is 53.6 Å². The molecule has 2 heterocycles. The van der Waals surface area contributed by atoms with E-state index in [1.54, 1.807) is 38.1 Å². The number of nitriles is 1. The van der Waals surface area contributed by atoms with Crippen molar-refractivity contribution in [2.24, 2.45) is 0 Å². The number of fused-ring (bicyclic) bond motifs is 1. The van der Waals surface area contributed by atoms with Crippen LogP contribution < -0.4 is 27.2 Å². The van der Waals surface area contributed by atoms with Gasteiger partial charge in [0.25, 0.3) is 5.56 Å². The molecule has 0 saturated heterocycles. The summed E-state index contributed by atoms with van der Waals surface area (Å²) in [6, 6.07) is 11.3. The molecule has 0 radical (unpaired) electrons. The highest BCUT2D eigenvalue weighted by molar-refractivity contribution is 5.89. The molecule has 12 heteroatoms. The van der Waals surface area contributed by atoms with E-state index in [9.17, 15) is 19.2 Å². The third-order valence-electron chi connectivity index (χ3n) is 5.29. The molecule has 0 saturated carbocycles. The fourth-order valence-corrected chi connectivity index (χ4v) is 3.66. The zero-order chi connectivity index (χ0) is 25.8. The Bertz CT molecular complexity index is 1560. The third-order valence-corrected chi connectivity index (χ3v) is 5.29. The molecule has 2 aromatic carbocycles. The largest absolute Gasteiger partial charge is 0.382 e. The van der Waals surface area contributed by atoms with Crippen molar-refractivity contribution in [3.8, 4) is 11.8 Å². The van der Waals surface area contributed by atoms with Gasteiger partial charge >= 0.3 is 6.03 Å². The highest BCUT2D eigenvalue weighted by Gasteiger charge is 2.21. The molecular weight excluding hydrogens is 465 g/mol. The summed E-state index contributed by atoms with van der Waals surface area (Å²) in [4.78, 5) is 38.1. The number of carbonyl (C=O) groups is 1. The van der Waals surface area contributed by atoms with Crippen LogP contribution in [0.3, 0.4) is 0 Å². The number of nitrogens with one attached hydrogen (secondary N) is 3. The van der Waals surface area contributed by atoms with Crippen LogP contribution in [0.4, 0.5) is 26.5 Å². The van der Waals surface area contributed by atoms with Crippen molar-refractivity contribution in [1.29, 1.82) is 5.26 Å². The van der Waals surface area contributed by atoms with Gasteiger partial charge in [-0.25, -0.2) is 24.1 Å². The van der Waals surface area contributed by atoms with Crippen molar-refractivity contribution in [2.75, 3.05) is 22.9 Å². The summed E-state index contributed by atoms with van der Waals surface area (Å²) in [5, 5.41) is 18.1. The second kappa shape index (κ2) is 10.1. The van der Waals surface area contributed by atoms with E-state index in [4.69, 9.17) is 5.73 Å². The lowest BCUT2D eigenvalue weighted by Gasteiger charge is -2.21. The predicted molar refractivity (Wildman–Crippen MR) is 133 cm³/mol. The molecule has 5 N–H and O–H groups in total. The van der Waals surface area contributed by atoms with Crippen molar-refractivity contribution in [3.05, 3.63) is 76.4 Å². The number of halogens is 1.